The summed E-state index contributed by atoms with van der Waals surface area (Å²) in [7, 11) is 0. The molecule has 0 saturated carbocycles. The number of carbonyl (C=O) groups is 1. The van der Waals surface area contributed by atoms with Gasteiger partial charge in [0.2, 0.25) is 0 Å². The van der Waals surface area contributed by atoms with Crippen LogP contribution in [0, 0.1) is 0 Å². The van der Waals surface area contributed by atoms with Gasteiger partial charge in [-0.15, -0.1) is 0 Å². The van der Waals surface area contributed by atoms with Crippen LogP contribution in [0.2, 0.25) is 0 Å². The van der Waals surface area contributed by atoms with Gasteiger partial charge in [-0.25, -0.2) is 0 Å². The normalized spacial score (nSPS) is 19.6. The fourth-order valence-corrected chi connectivity index (χ4v) is 0.560. The molecule has 0 aliphatic carbocycles. The predicted molar refractivity (Wildman–Crippen MR) is 34.4 cm³/mol. The maximum absolute atomic E-state index is 9.79. The van der Waals surface area contributed by atoms with E-state index in [4.69, 9.17) is 15.3 Å². The molecule has 0 saturated heterocycles. The summed E-state index contributed by atoms with van der Waals surface area (Å²) in [5.74, 6) is 0. The van der Waals surface area contributed by atoms with Crippen LogP contribution in [0.4, 0.5) is 0 Å². The highest BCUT2D eigenvalue weighted by Gasteiger charge is 2.19. The van der Waals surface area contributed by atoms with E-state index in [0.29, 0.717) is 6.29 Å². The minimum Gasteiger partial charge on any atom is -0.391 e. The minimum atomic E-state index is -1.23. The lowest BCUT2D eigenvalue weighted by atomic mass is 10.1. The maximum Gasteiger partial charge on any atom is 0.122 e. The Morgan fingerprint density at radius 3 is 2.20 bits per heavy atom. The first-order valence-electron chi connectivity index (χ1n) is 3.07. The van der Waals surface area contributed by atoms with E-state index < -0.39 is 18.3 Å². The Morgan fingerprint density at radius 1 is 1.40 bits per heavy atom. The summed E-state index contributed by atoms with van der Waals surface area (Å²) in [6.45, 7) is 1.35. The van der Waals surface area contributed by atoms with Gasteiger partial charge >= 0.3 is 0 Å². The van der Waals surface area contributed by atoms with Crippen molar-refractivity contribution in [2.45, 2.75) is 31.7 Å². The molecule has 4 nitrogen and oxygen atoms in total. The molecule has 0 heterocycles. The van der Waals surface area contributed by atoms with E-state index >= 15 is 0 Å². The number of rotatable bonds is 4. The van der Waals surface area contributed by atoms with Crippen LogP contribution in [0.5, 0.6) is 0 Å². The van der Waals surface area contributed by atoms with Gasteiger partial charge in [0.15, 0.2) is 0 Å². The number of hydrogen-bond acceptors (Lipinski definition) is 4. The van der Waals surface area contributed by atoms with E-state index in [1.165, 1.54) is 6.92 Å². The molecule has 0 aromatic heterocycles. The van der Waals surface area contributed by atoms with Crippen molar-refractivity contribution in [1.82, 2.24) is 0 Å². The van der Waals surface area contributed by atoms with E-state index in [1.54, 1.807) is 0 Å². The zero-order chi connectivity index (χ0) is 8.15. The largest absolute Gasteiger partial charge is 0.391 e. The second-order valence-corrected chi connectivity index (χ2v) is 2.20. The Kier molecular flexibility index (Phi) is 4.18. The van der Waals surface area contributed by atoms with Crippen molar-refractivity contribution < 1.29 is 20.1 Å². The van der Waals surface area contributed by atoms with Crippen LogP contribution in [0.1, 0.15) is 13.3 Å². The highest BCUT2D eigenvalue weighted by atomic mass is 16.4. The molecule has 3 N–H and O–H groups in total. The van der Waals surface area contributed by atoms with Gasteiger partial charge in [-0.2, -0.15) is 0 Å². The van der Waals surface area contributed by atoms with Crippen molar-refractivity contribution in [2.75, 3.05) is 0 Å². The van der Waals surface area contributed by atoms with Crippen molar-refractivity contribution in [3.05, 3.63) is 0 Å². The lowest BCUT2D eigenvalue weighted by Gasteiger charge is -2.17. The van der Waals surface area contributed by atoms with Gasteiger partial charge in [-0.3, -0.25) is 0 Å². The number of hydrogen-bond donors (Lipinski definition) is 3. The summed E-state index contributed by atoms with van der Waals surface area (Å²) in [5, 5.41) is 26.4. The van der Waals surface area contributed by atoms with E-state index in [1.807, 2.05) is 0 Å². The summed E-state index contributed by atoms with van der Waals surface area (Å²) < 4.78 is 0. The molecule has 0 aromatic carbocycles. The molecule has 10 heavy (non-hydrogen) atoms. The maximum atomic E-state index is 9.79. The van der Waals surface area contributed by atoms with Gasteiger partial charge in [0, 0.05) is 6.42 Å². The molecule has 0 fully saturated rings. The molecule has 0 bridgehead atoms. The molecule has 3 atom stereocenters. The van der Waals surface area contributed by atoms with Crippen LogP contribution in [-0.2, 0) is 4.79 Å². The quantitative estimate of drug-likeness (QED) is 0.432. The summed E-state index contributed by atoms with van der Waals surface area (Å²) in [5.41, 5.74) is 0. The third kappa shape index (κ3) is 2.91. The molecule has 4 heteroatoms. The SMILES string of the molecule is C[C@@H](O)[C@@H](O)C(O)CC=O. The zero-order valence-corrected chi connectivity index (χ0v) is 5.77. The monoisotopic (exact) mass is 148 g/mol. The van der Waals surface area contributed by atoms with Gasteiger partial charge in [0.1, 0.15) is 12.4 Å². The lowest BCUT2D eigenvalue weighted by molar-refractivity contribution is -0.113. The molecule has 60 valence electrons. The molecular weight excluding hydrogens is 136 g/mol. The number of aldehydes is 1. The zero-order valence-electron chi connectivity index (χ0n) is 5.77. The molecule has 0 radical (unpaired) electrons. The summed E-state index contributed by atoms with van der Waals surface area (Å²) in [4.78, 5) is 9.79. The standard InChI is InChI=1S/C6H12O4/c1-4(8)6(10)5(9)2-3-7/h3-6,8-10H,2H2,1H3/t4-,5?,6-/m1/s1. The highest BCUT2D eigenvalue weighted by Crippen LogP contribution is 2.01. The lowest BCUT2D eigenvalue weighted by Crippen LogP contribution is -2.35. The molecular formula is C6H12O4. The average molecular weight is 148 g/mol. The topological polar surface area (TPSA) is 77.8 Å². The Morgan fingerprint density at radius 2 is 1.90 bits per heavy atom. The fourth-order valence-electron chi connectivity index (χ4n) is 0.560. The fraction of sp³-hybridized carbons (Fsp3) is 0.833. The van der Waals surface area contributed by atoms with Crippen LogP contribution in [0.3, 0.4) is 0 Å². The third-order valence-electron chi connectivity index (χ3n) is 1.23. The highest BCUT2D eigenvalue weighted by molar-refractivity contribution is 5.50. The molecule has 0 aromatic rings. The second-order valence-electron chi connectivity index (χ2n) is 2.20. The van der Waals surface area contributed by atoms with Crippen LogP contribution < -0.4 is 0 Å². The van der Waals surface area contributed by atoms with Gasteiger partial charge in [0.05, 0.1) is 12.2 Å². The first-order valence-corrected chi connectivity index (χ1v) is 3.07. The van der Waals surface area contributed by atoms with Gasteiger partial charge in [-0.05, 0) is 6.92 Å². The van der Waals surface area contributed by atoms with Crippen LogP contribution in [-0.4, -0.2) is 39.9 Å². The molecule has 0 aliphatic rings. The Balaban J connectivity index is 3.68. The molecule has 0 amide bonds. The van der Waals surface area contributed by atoms with Crippen molar-refractivity contribution in [3.8, 4) is 0 Å². The van der Waals surface area contributed by atoms with Gasteiger partial charge in [-0.1, -0.05) is 0 Å². The van der Waals surface area contributed by atoms with Gasteiger partial charge < -0.3 is 20.1 Å². The second kappa shape index (κ2) is 4.38. The Hall–Kier alpha value is -0.450. The van der Waals surface area contributed by atoms with Crippen molar-refractivity contribution in [1.29, 1.82) is 0 Å². The van der Waals surface area contributed by atoms with Crippen LogP contribution in [0.25, 0.3) is 0 Å². The predicted octanol–water partition coefficient (Wildman–Crippen LogP) is -1.32. The minimum absolute atomic E-state index is 0.147. The molecule has 0 spiro atoms. The van der Waals surface area contributed by atoms with E-state index in [2.05, 4.69) is 0 Å². The molecule has 1 unspecified atom stereocenters. The number of carbonyl (C=O) groups excluding carboxylic acids is 1. The average Bonchev–Trinajstić information content (AvgIpc) is 1.87. The first kappa shape index (κ1) is 9.55. The van der Waals surface area contributed by atoms with Crippen LogP contribution >= 0.6 is 0 Å². The van der Waals surface area contributed by atoms with Crippen molar-refractivity contribution >= 4 is 6.29 Å². The van der Waals surface area contributed by atoms with E-state index in [-0.39, 0.29) is 6.42 Å². The first-order chi connectivity index (χ1) is 4.59. The van der Waals surface area contributed by atoms with Crippen molar-refractivity contribution in [2.24, 2.45) is 0 Å². The van der Waals surface area contributed by atoms with E-state index in [0.717, 1.165) is 0 Å². The van der Waals surface area contributed by atoms with E-state index in [9.17, 15) is 4.79 Å². The van der Waals surface area contributed by atoms with Crippen LogP contribution in [0.15, 0.2) is 0 Å². The molecule has 0 rings (SSSR count). The number of aliphatic hydroxyl groups excluding tert-OH is 3. The Labute approximate surface area is 59.1 Å². The number of aliphatic hydroxyl groups is 3. The van der Waals surface area contributed by atoms with Gasteiger partial charge in [0.25, 0.3) is 0 Å². The summed E-state index contributed by atoms with van der Waals surface area (Å²) in [6, 6.07) is 0. The molecule has 0 aliphatic heterocycles. The van der Waals surface area contributed by atoms with Crippen molar-refractivity contribution in [3.63, 3.8) is 0 Å². The summed E-state index contributed by atoms with van der Waals surface area (Å²) >= 11 is 0. The summed E-state index contributed by atoms with van der Waals surface area (Å²) in [6.07, 6.45) is -3.04. The Bertz CT molecular complexity index is 102. The third-order valence-corrected chi connectivity index (χ3v) is 1.23. The smallest absolute Gasteiger partial charge is 0.122 e.